The fourth-order valence-corrected chi connectivity index (χ4v) is 2.84. The summed E-state index contributed by atoms with van der Waals surface area (Å²) >= 11 is 0. The van der Waals surface area contributed by atoms with E-state index < -0.39 is 0 Å². The molecule has 29 heavy (non-hydrogen) atoms. The maximum atomic E-state index is 12.5. The van der Waals surface area contributed by atoms with Crippen molar-refractivity contribution in [1.82, 2.24) is 10.3 Å². The van der Waals surface area contributed by atoms with Crippen LogP contribution in [0.15, 0.2) is 66.9 Å². The molecule has 0 spiro atoms. The molecular weight excluding hydrogens is 366 g/mol. The van der Waals surface area contributed by atoms with Gasteiger partial charge in [-0.1, -0.05) is 37.3 Å². The summed E-state index contributed by atoms with van der Waals surface area (Å²) in [7, 11) is 1.58. The summed E-state index contributed by atoms with van der Waals surface area (Å²) in [5.41, 5.74) is 3.29. The van der Waals surface area contributed by atoms with Crippen LogP contribution >= 0.6 is 0 Å². The third kappa shape index (κ3) is 5.19. The summed E-state index contributed by atoms with van der Waals surface area (Å²) in [6.45, 7) is 2.37. The smallest absolute Gasteiger partial charge is 0.270 e. The number of aromatic nitrogens is 1. The number of pyridine rings is 1. The molecular formula is C23H23N3O3. The highest BCUT2D eigenvalue weighted by atomic mass is 16.5. The van der Waals surface area contributed by atoms with E-state index in [0.29, 0.717) is 23.5 Å². The van der Waals surface area contributed by atoms with Gasteiger partial charge in [-0.25, -0.2) is 0 Å². The number of para-hydroxylation sites is 1. The SMILES string of the molecule is CCc1ccc(NC(=O)c2ccnc(C(=O)NCc3ccccc3OC)c2)cc1. The van der Waals surface area contributed by atoms with Crippen molar-refractivity contribution >= 4 is 17.5 Å². The molecule has 0 unspecified atom stereocenters. The Bertz CT molecular complexity index is 1000. The van der Waals surface area contributed by atoms with Gasteiger partial charge in [-0.2, -0.15) is 0 Å². The number of rotatable bonds is 7. The molecule has 0 atom stereocenters. The van der Waals surface area contributed by atoms with Crippen LogP contribution in [-0.4, -0.2) is 23.9 Å². The highest BCUT2D eigenvalue weighted by Gasteiger charge is 2.13. The second-order valence-corrected chi connectivity index (χ2v) is 6.43. The zero-order chi connectivity index (χ0) is 20.6. The summed E-state index contributed by atoms with van der Waals surface area (Å²) < 4.78 is 5.29. The number of benzene rings is 2. The minimum Gasteiger partial charge on any atom is -0.496 e. The Morgan fingerprint density at radius 2 is 1.76 bits per heavy atom. The van der Waals surface area contributed by atoms with E-state index in [1.54, 1.807) is 13.2 Å². The van der Waals surface area contributed by atoms with Crippen LogP contribution in [0.3, 0.4) is 0 Å². The summed E-state index contributed by atoms with van der Waals surface area (Å²) in [4.78, 5) is 29.1. The zero-order valence-electron chi connectivity index (χ0n) is 16.4. The van der Waals surface area contributed by atoms with Crippen molar-refractivity contribution in [2.45, 2.75) is 19.9 Å². The van der Waals surface area contributed by atoms with Gasteiger partial charge in [0.1, 0.15) is 11.4 Å². The fourth-order valence-electron chi connectivity index (χ4n) is 2.84. The fraction of sp³-hybridized carbons (Fsp3) is 0.174. The van der Waals surface area contributed by atoms with Crippen LogP contribution in [0.1, 0.15) is 38.9 Å². The molecule has 0 saturated carbocycles. The molecule has 3 aromatic rings. The molecule has 0 fully saturated rings. The van der Waals surface area contributed by atoms with Gasteiger partial charge in [-0.15, -0.1) is 0 Å². The number of carbonyl (C=O) groups excluding carboxylic acids is 2. The molecule has 0 radical (unpaired) electrons. The van der Waals surface area contributed by atoms with Gasteiger partial charge in [0, 0.05) is 29.6 Å². The number of anilines is 1. The van der Waals surface area contributed by atoms with Gasteiger partial charge in [0.05, 0.1) is 7.11 Å². The van der Waals surface area contributed by atoms with Crippen molar-refractivity contribution in [3.63, 3.8) is 0 Å². The Morgan fingerprint density at radius 1 is 1.00 bits per heavy atom. The van der Waals surface area contributed by atoms with Crippen LogP contribution < -0.4 is 15.4 Å². The van der Waals surface area contributed by atoms with Crippen LogP contribution in [0.25, 0.3) is 0 Å². The molecule has 3 rings (SSSR count). The molecule has 2 N–H and O–H groups in total. The second-order valence-electron chi connectivity index (χ2n) is 6.43. The summed E-state index contributed by atoms with van der Waals surface area (Å²) in [6.07, 6.45) is 2.39. The highest BCUT2D eigenvalue weighted by Crippen LogP contribution is 2.17. The lowest BCUT2D eigenvalue weighted by Gasteiger charge is -2.10. The van der Waals surface area contributed by atoms with Crippen molar-refractivity contribution in [2.75, 3.05) is 12.4 Å². The van der Waals surface area contributed by atoms with Crippen LogP contribution in [-0.2, 0) is 13.0 Å². The number of aryl methyl sites for hydroxylation is 1. The topological polar surface area (TPSA) is 80.3 Å². The van der Waals surface area contributed by atoms with Crippen molar-refractivity contribution in [3.8, 4) is 5.75 Å². The van der Waals surface area contributed by atoms with Crippen molar-refractivity contribution in [2.24, 2.45) is 0 Å². The number of nitrogens with one attached hydrogen (secondary N) is 2. The Kier molecular flexibility index (Phi) is 6.58. The minimum absolute atomic E-state index is 0.175. The molecule has 0 aliphatic heterocycles. The van der Waals surface area contributed by atoms with Crippen LogP contribution in [0, 0.1) is 0 Å². The number of methoxy groups -OCH3 is 1. The van der Waals surface area contributed by atoms with Gasteiger partial charge in [0.2, 0.25) is 0 Å². The monoisotopic (exact) mass is 389 g/mol. The zero-order valence-corrected chi connectivity index (χ0v) is 16.4. The number of hydrogen-bond acceptors (Lipinski definition) is 4. The van der Waals surface area contributed by atoms with Gasteiger partial charge in [0.15, 0.2) is 0 Å². The van der Waals surface area contributed by atoms with Gasteiger partial charge < -0.3 is 15.4 Å². The van der Waals surface area contributed by atoms with Gasteiger partial charge in [-0.3, -0.25) is 14.6 Å². The predicted molar refractivity (Wildman–Crippen MR) is 112 cm³/mol. The quantitative estimate of drug-likeness (QED) is 0.643. The molecule has 148 valence electrons. The number of ether oxygens (including phenoxy) is 1. The number of nitrogens with zero attached hydrogens (tertiary/aromatic N) is 1. The molecule has 1 heterocycles. The average Bonchev–Trinajstić information content (AvgIpc) is 2.78. The van der Waals surface area contributed by atoms with E-state index >= 15 is 0 Å². The van der Waals surface area contributed by atoms with Gasteiger partial charge >= 0.3 is 0 Å². The molecule has 6 heteroatoms. The van der Waals surface area contributed by atoms with Crippen molar-refractivity contribution in [1.29, 1.82) is 0 Å². The van der Waals surface area contributed by atoms with Gasteiger partial charge in [0.25, 0.3) is 11.8 Å². The Balaban J connectivity index is 1.66. The summed E-state index contributed by atoms with van der Waals surface area (Å²) in [6, 6.07) is 18.2. The number of hydrogen-bond donors (Lipinski definition) is 2. The third-order valence-corrected chi connectivity index (χ3v) is 4.51. The highest BCUT2D eigenvalue weighted by molar-refractivity contribution is 6.05. The molecule has 0 saturated heterocycles. The largest absolute Gasteiger partial charge is 0.496 e. The third-order valence-electron chi connectivity index (χ3n) is 4.51. The Hall–Kier alpha value is -3.67. The summed E-state index contributed by atoms with van der Waals surface area (Å²) in [5, 5.41) is 5.64. The van der Waals surface area contributed by atoms with E-state index in [1.807, 2.05) is 48.5 Å². The van der Waals surface area contributed by atoms with Crippen LogP contribution in [0.2, 0.25) is 0 Å². The van der Waals surface area contributed by atoms with E-state index in [1.165, 1.54) is 17.8 Å². The minimum atomic E-state index is -0.363. The van der Waals surface area contributed by atoms with E-state index in [-0.39, 0.29) is 17.5 Å². The lowest BCUT2D eigenvalue weighted by Crippen LogP contribution is -2.24. The Labute approximate surface area is 169 Å². The molecule has 2 aromatic carbocycles. The molecule has 1 aromatic heterocycles. The maximum absolute atomic E-state index is 12.5. The van der Waals surface area contributed by atoms with E-state index in [9.17, 15) is 9.59 Å². The van der Waals surface area contributed by atoms with E-state index in [0.717, 1.165) is 12.0 Å². The standard InChI is InChI=1S/C23H23N3O3/c1-3-16-8-10-19(11-9-16)26-22(27)17-12-13-24-20(14-17)23(28)25-15-18-6-4-5-7-21(18)29-2/h4-14H,3,15H2,1-2H3,(H,25,28)(H,26,27). The molecule has 2 amide bonds. The first kappa shape index (κ1) is 20.1. The first-order valence-electron chi connectivity index (χ1n) is 9.37. The second kappa shape index (κ2) is 9.50. The molecule has 0 aliphatic rings. The predicted octanol–water partition coefficient (Wildman–Crippen LogP) is 3.83. The lowest BCUT2D eigenvalue weighted by molar-refractivity contribution is 0.0945. The lowest BCUT2D eigenvalue weighted by atomic mass is 10.1. The van der Waals surface area contributed by atoms with Crippen molar-refractivity contribution in [3.05, 3.63) is 89.2 Å². The summed E-state index contributed by atoms with van der Waals surface area (Å²) in [5.74, 6) is 0.0382. The van der Waals surface area contributed by atoms with E-state index in [2.05, 4.69) is 22.5 Å². The van der Waals surface area contributed by atoms with Gasteiger partial charge in [-0.05, 0) is 42.3 Å². The molecule has 0 bridgehead atoms. The van der Waals surface area contributed by atoms with E-state index in [4.69, 9.17) is 4.74 Å². The maximum Gasteiger partial charge on any atom is 0.270 e. The van der Waals surface area contributed by atoms with Crippen LogP contribution in [0.5, 0.6) is 5.75 Å². The number of amides is 2. The Morgan fingerprint density at radius 3 is 2.48 bits per heavy atom. The van der Waals surface area contributed by atoms with Crippen molar-refractivity contribution < 1.29 is 14.3 Å². The number of carbonyl (C=O) groups is 2. The van der Waals surface area contributed by atoms with Crippen LogP contribution in [0.4, 0.5) is 5.69 Å². The normalized spacial score (nSPS) is 10.3. The first-order valence-corrected chi connectivity index (χ1v) is 9.37. The first-order chi connectivity index (χ1) is 14.1. The average molecular weight is 389 g/mol. The molecule has 0 aliphatic carbocycles. The molecule has 6 nitrogen and oxygen atoms in total.